The maximum absolute atomic E-state index is 9.22. The quantitative estimate of drug-likeness (QED) is 0.935. The zero-order valence-corrected chi connectivity index (χ0v) is 11.7. The lowest BCUT2D eigenvalue weighted by molar-refractivity contribution is 0.281. The SMILES string of the molecule is COc1cc(-n2cc(CO)c(C)n2)c(OC)cc1Cl. The van der Waals surface area contributed by atoms with E-state index < -0.39 is 0 Å². The van der Waals surface area contributed by atoms with Crippen molar-refractivity contribution in [2.75, 3.05) is 14.2 Å². The number of methoxy groups -OCH3 is 2. The Bertz CT molecular complexity index is 596. The minimum Gasteiger partial charge on any atom is -0.495 e. The van der Waals surface area contributed by atoms with Gasteiger partial charge in [0.15, 0.2) is 0 Å². The predicted octanol–water partition coefficient (Wildman–Crippen LogP) is 2.34. The van der Waals surface area contributed by atoms with Gasteiger partial charge in [-0.2, -0.15) is 5.10 Å². The zero-order chi connectivity index (χ0) is 14.0. The van der Waals surface area contributed by atoms with E-state index in [1.165, 1.54) is 0 Å². The van der Waals surface area contributed by atoms with Gasteiger partial charge in [0.1, 0.15) is 17.2 Å². The Balaban J connectivity index is 2.58. The summed E-state index contributed by atoms with van der Waals surface area (Å²) in [6.45, 7) is 1.78. The molecule has 0 spiro atoms. The van der Waals surface area contributed by atoms with E-state index in [4.69, 9.17) is 21.1 Å². The first-order valence-corrected chi connectivity index (χ1v) is 6.06. The highest BCUT2D eigenvalue weighted by molar-refractivity contribution is 6.32. The fourth-order valence-corrected chi connectivity index (χ4v) is 2.03. The number of benzene rings is 1. The molecule has 102 valence electrons. The maximum atomic E-state index is 9.22. The molecule has 2 aromatic rings. The third-order valence-corrected chi connectivity index (χ3v) is 3.17. The molecule has 1 N–H and O–H groups in total. The van der Waals surface area contributed by atoms with E-state index in [0.29, 0.717) is 22.2 Å². The molecule has 0 aliphatic heterocycles. The van der Waals surface area contributed by atoms with Crippen molar-refractivity contribution >= 4 is 11.6 Å². The lowest BCUT2D eigenvalue weighted by Crippen LogP contribution is -2.00. The summed E-state index contributed by atoms with van der Waals surface area (Å²) in [5.74, 6) is 1.12. The summed E-state index contributed by atoms with van der Waals surface area (Å²) in [5, 5.41) is 14.0. The Hall–Kier alpha value is -1.72. The number of aliphatic hydroxyl groups excluding tert-OH is 1. The number of rotatable bonds is 4. The third-order valence-electron chi connectivity index (χ3n) is 2.87. The lowest BCUT2D eigenvalue weighted by Gasteiger charge is -2.11. The highest BCUT2D eigenvalue weighted by atomic mass is 35.5. The minimum atomic E-state index is -0.0567. The second-order valence-corrected chi connectivity index (χ2v) is 4.41. The Morgan fingerprint density at radius 1 is 1.26 bits per heavy atom. The first-order chi connectivity index (χ1) is 9.10. The van der Waals surface area contributed by atoms with Crippen molar-refractivity contribution in [2.45, 2.75) is 13.5 Å². The Labute approximate surface area is 116 Å². The average Bonchev–Trinajstić information content (AvgIpc) is 2.79. The number of aromatic nitrogens is 2. The van der Waals surface area contributed by atoms with Crippen LogP contribution in [0.15, 0.2) is 18.3 Å². The minimum absolute atomic E-state index is 0.0567. The van der Waals surface area contributed by atoms with Crippen molar-refractivity contribution in [3.05, 3.63) is 34.6 Å². The average molecular weight is 283 g/mol. The van der Waals surface area contributed by atoms with Crippen LogP contribution in [0.3, 0.4) is 0 Å². The third kappa shape index (κ3) is 2.52. The molecular formula is C13H15ClN2O3. The summed E-state index contributed by atoms with van der Waals surface area (Å²) >= 11 is 6.06. The fraction of sp³-hybridized carbons (Fsp3) is 0.308. The summed E-state index contributed by atoms with van der Waals surface area (Å²) in [6.07, 6.45) is 1.75. The fourth-order valence-electron chi connectivity index (χ4n) is 1.80. The highest BCUT2D eigenvalue weighted by Gasteiger charge is 2.14. The number of halogens is 1. The Morgan fingerprint density at radius 3 is 2.47 bits per heavy atom. The molecule has 0 unspecified atom stereocenters. The Kier molecular flexibility index (Phi) is 3.97. The Morgan fingerprint density at radius 2 is 1.95 bits per heavy atom. The van der Waals surface area contributed by atoms with E-state index in [9.17, 15) is 5.11 Å². The molecule has 0 saturated heterocycles. The maximum Gasteiger partial charge on any atom is 0.146 e. The molecule has 0 amide bonds. The molecule has 19 heavy (non-hydrogen) atoms. The highest BCUT2D eigenvalue weighted by Crippen LogP contribution is 2.34. The molecule has 1 aromatic carbocycles. The summed E-state index contributed by atoms with van der Waals surface area (Å²) in [6, 6.07) is 3.42. The van der Waals surface area contributed by atoms with Gasteiger partial charge in [0, 0.05) is 23.9 Å². The molecule has 0 saturated carbocycles. The van der Waals surface area contributed by atoms with Crippen molar-refractivity contribution < 1.29 is 14.6 Å². The van der Waals surface area contributed by atoms with Gasteiger partial charge >= 0.3 is 0 Å². The molecule has 0 radical (unpaired) electrons. The van der Waals surface area contributed by atoms with Crippen LogP contribution in [0, 0.1) is 6.92 Å². The van der Waals surface area contributed by atoms with E-state index in [2.05, 4.69) is 5.10 Å². The van der Waals surface area contributed by atoms with Crippen LogP contribution in [-0.4, -0.2) is 29.1 Å². The standard InChI is InChI=1S/C13H15ClN2O3/c1-8-9(7-17)6-16(15-8)11-5-12(18-2)10(14)4-13(11)19-3/h4-6,17H,7H2,1-3H3. The molecule has 5 nitrogen and oxygen atoms in total. The van der Waals surface area contributed by atoms with E-state index >= 15 is 0 Å². The molecule has 0 atom stereocenters. The van der Waals surface area contributed by atoms with Crippen molar-refractivity contribution in [3.63, 3.8) is 0 Å². The van der Waals surface area contributed by atoms with Crippen LogP contribution in [0.25, 0.3) is 5.69 Å². The van der Waals surface area contributed by atoms with Crippen molar-refractivity contribution in [1.29, 1.82) is 0 Å². The van der Waals surface area contributed by atoms with E-state index in [-0.39, 0.29) is 6.61 Å². The van der Waals surface area contributed by atoms with Crippen LogP contribution in [-0.2, 0) is 6.61 Å². The van der Waals surface area contributed by atoms with Crippen LogP contribution in [0.2, 0.25) is 5.02 Å². The van der Waals surface area contributed by atoms with Crippen LogP contribution in [0.4, 0.5) is 0 Å². The number of aliphatic hydroxyl groups is 1. The van der Waals surface area contributed by atoms with Gasteiger partial charge in [0.2, 0.25) is 0 Å². The summed E-state index contributed by atoms with van der Waals surface area (Å²) in [5.41, 5.74) is 2.22. The number of ether oxygens (including phenoxy) is 2. The van der Waals surface area contributed by atoms with Gasteiger partial charge in [0.05, 0.1) is 31.5 Å². The summed E-state index contributed by atoms with van der Waals surface area (Å²) < 4.78 is 12.1. The van der Waals surface area contributed by atoms with Crippen LogP contribution >= 0.6 is 11.6 Å². The number of hydrogen-bond donors (Lipinski definition) is 1. The zero-order valence-electron chi connectivity index (χ0n) is 11.0. The molecule has 1 aromatic heterocycles. The molecular weight excluding hydrogens is 268 g/mol. The summed E-state index contributed by atoms with van der Waals surface area (Å²) in [7, 11) is 3.11. The smallest absolute Gasteiger partial charge is 0.146 e. The molecule has 1 heterocycles. The molecule has 0 aliphatic rings. The van der Waals surface area contributed by atoms with Gasteiger partial charge < -0.3 is 14.6 Å². The largest absolute Gasteiger partial charge is 0.495 e. The normalized spacial score (nSPS) is 10.6. The van der Waals surface area contributed by atoms with Crippen molar-refractivity contribution in [3.8, 4) is 17.2 Å². The summed E-state index contributed by atoms with van der Waals surface area (Å²) in [4.78, 5) is 0. The van der Waals surface area contributed by atoms with Gasteiger partial charge in [-0.15, -0.1) is 0 Å². The lowest BCUT2D eigenvalue weighted by atomic mass is 10.2. The van der Waals surface area contributed by atoms with E-state index in [1.807, 2.05) is 6.92 Å². The van der Waals surface area contributed by atoms with Crippen LogP contribution < -0.4 is 9.47 Å². The van der Waals surface area contributed by atoms with Gasteiger partial charge in [-0.05, 0) is 6.92 Å². The second-order valence-electron chi connectivity index (χ2n) is 4.00. The topological polar surface area (TPSA) is 56.5 Å². The molecule has 6 heteroatoms. The van der Waals surface area contributed by atoms with Crippen molar-refractivity contribution in [1.82, 2.24) is 9.78 Å². The number of nitrogens with zero attached hydrogens (tertiary/aromatic N) is 2. The van der Waals surface area contributed by atoms with Gasteiger partial charge in [0.25, 0.3) is 0 Å². The van der Waals surface area contributed by atoms with Gasteiger partial charge in [-0.3, -0.25) is 0 Å². The van der Waals surface area contributed by atoms with Crippen LogP contribution in [0.5, 0.6) is 11.5 Å². The van der Waals surface area contributed by atoms with E-state index in [1.54, 1.807) is 37.2 Å². The molecule has 0 aliphatic carbocycles. The van der Waals surface area contributed by atoms with Crippen LogP contribution in [0.1, 0.15) is 11.3 Å². The number of hydrogen-bond acceptors (Lipinski definition) is 4. The van der Waals surface area contributed by atoms with Gasteiger partial charge in [-0.1, -0.05) is 11.6 Å². The first kappa shape index (κ1) is 13.7. The van der Waals surface area contributed by atoms with Crippen molar-refractivity contribution in [2.24, 2.45) is 0 Å². The molecule has 2 rings (SSSR count). The monoisotopic (exact) mass is 282 g/mol. The van der Waals surface area contributed by atoms with E-state index in [0.717, 1.165) is 11.3 Å². The molecule has 0 bridgehead atoms. The molecule has 0 fully saturated rings. The predicted molar refractivity (Wildman–Crippen MR) is 72.3 cm³/mol. The first-order valence-electron chi connectivity index (χ1n) is 5.68. The second kappa shape index (κ2) is 5.50. The van der Waals surface area contributed by atoms with Gasteiger partial charge in [-0.25, -0.2) is 4.68 Å². The number of aryl methyl sites for hydroxylation is 1.